The number of amides is 1. The fraction of sp³-hybridized carbons (Fsp3) is 0.227. The van der Waals surface area contributed by atoms with Crippen LogP contribution in [0.25, 0.3) is 0 Å². The van der Waals surface area contributed by atoms with Gasteiger partial charge in [0.25, 0.3) is 0 Å². The Kier molecular flexibility index (Phi) is 5.74. The molecule has 134 valence electrons. The van der Waals surface area contributed by atoms with Crippen molar-refractivity contribution in [3.63, 3.8) is 0 Å². The molecule has 3 aromatic rings. The highest BCUT2D eigenvalue weighted by Gasteiger charge is 2.17. The molecule has 26 heavy (non-hydrogen) atoms. The van der Waals surface area contributed by atoms with Crippen LogP contribution in [0.4, 0.5) is 5.69 Å². The van der Waals surface area contributed by atoms with Gasteiger partial charge in [0.2, 0.25) is 5.91 Å². The Labute approximate surface area is 154 Å². The van der Waals surface area contributed by atoms with Gasteiger partial charge in [0.1, 0.15) is 5.75 Å². The molecule has 0 saturated carbocycles. The normalized spacial score (nSPS) is 11.8. The Bertz CT molecular complexity index is 822. The van der Waals surface area contributed by atoms with Crippen molar-refractivity contribution < 1.29 is 9.53 Å². The Hall–Kier alpha value is -3.01. The molecule has 3 rings (SSSR count). The molecule has 1 amide bonds. The number of carbonyl (C=O) groups is 1. The molecule has 0 bridgehead atoms. The van der Waals surface area contributed by atoms with Crippen LogP contribution in [-0.4, -0.2) is 17.6 Å². The average Bonchev–Trinajstić information content (AvgIpc) is 3.21. The maximum Gasteiger partial charge on any atom is 0.226 e. The third-order valence-corrected chi connectivity index (χ3v) is 4.51. The summed E-state index contributed by atoms with van der Waals surface area (Å²) in [6.07, 6.45) is 5.31. The van der Waals surface area contributed by atoms with Gasteiger partial charge in [-0.2, -0.15) is 0 Å². The minimum absolute atomic E-state index is 0.0104. The van der Waals surface area contributed by atoms with Crippen molar-refractivity contribution in [3.05, 3.63) is 84.2 Å². The largest absolute Gasteiger partial charge is 0.497 e. The number of carbonyl (C=O) groups excluding carboxylic acids is 1. The zero-order valence-electron chi connectivity index (χ0n) is 15.2. The molecular weight excluding hydrogens is 324 g/mol. The van der Waals surface area contributed by atoms with E-state index in [9.17, 15) is 4.79 Å². The van der Waals surface area contributed by atoms with E-state index >= 15 is 0 Å². The second kappa shape index (κ2) is 8.39. The number of nitrogens with zero attached hydrogens (tertiary/aromatic N) is 1. The third kappa shape index (κ3) is 4.33. The molecule has 0 radical (unpaired) electrons. The number of ether oxygens (including phenoxy) is 1. The highest BCUT2D eigenvalue weighted by molar-refractivity contribution is 5.91. The van der Waals surface area contributed by atoms with Gasteiger partial charge in [-0.05, 0) is 53.9 Å². The van der Waals surface area contributed by atoms with Gasteiger partial charge in [-0.15, -0.1) is 0 Å². The molecule has 2 aromatic carbocycles. The van der Waals surface area contributed by atoms with Crippen molar-refractivity contribution in [2.24, 2.45) is 0 Å². The van der Waals surface area contributed by atoms with Crippen molar-refractivity contribution in [1.29, 1.82) is 0 Å². The van der Waals surface area contributed by atoms with Crippen molar-refractivity contribution in [2.75, 3.05) is 12.4 Å². The topological polar surface area (TPSA) is 43.3 Å². The highest BCUT2D eigenvalue weighted by Crippen LogP contribution is 2.25. The number of anilines is 1. The van der Waals surface area contributed by atoms with Crippen LogP contribution >= 0.6 is 0 Å². The van der Waals surface area contributed by atoms with Crippen LogP contribution in [0.15, 0.2) is 73.1 Å². The molecule has 0 spiro atoms. The van der Waals surface area contributed by atoms with Crippen LogP contribution in [0.5, 0.6) is 5.75 Å². The number of methoxy groups -OCH3 is 1. The number of nitrogens with one attached hydrogen (secondary N) is 1. The molecule has 1 aromatic heterocycles. The van der Waals surface area contributed by atoms with E-state index in [1.54, 1.807) is 7.11 Å². The summed E-state index contributed by atoms with van der Waals surface area (Å²) in [5, 5.41) is 3.00. The van der Waals surface area contributed by atoms with E-state index in [1.807, 2.05) is 73.1 Å². The van der Waals surface area contributed by atoms with Gasteiger partial charge in [-0.3, -0.25) is 4.79 Å². The van der Waals surface area contributed by atoms with Crippen LogP contribution in [0.1, 0.15) is 30.5 Å². The van der Waals surface area contributed by atoms with Crippen LogP contribution in [-0.2, 0) is 11.2 Å². The summed E-state index contributed by atoms with van der Waals surface area (Å²) < 4.78 is 7.29. The second-order valence-corrected chi connectivity index (χ2v) is 6.22. The van der Waals surface area contributed by atoms with Crippen molar-refractivity contribution in [1.82, 2.24) is 4.57 Å². The van der Waals surface area contributed by atoms with Gasteiger partial charge in [-0.25, -0.2) is 0 Å². The zero-order valence-corrected chi connectivity index (χ0v) is 15.2. The van der Waals surface area contributed by atoms with Gasteiger partial charge >= 0.3 is 0 Å². The van der Waals surface area contributed by atoms with E-state index in [-0.39, 0.29) is 11.9 Å². The minimum Gasteiger partial charge on any atom is -0.497 e. The van der Waals surface area contributed by atoms with Crippen LogP contribution in [0, 0.1) is 0 Å². The van der Waals surface area contributed by atoms with E-state index in [0.29, 0.717) is 6.42 Å². The Morgan fingerprint density at radius 3 is 2.27 bits per heavy atom. The first-order chi connectivity index (χ1) is 12.7. The van der Waals surface area contributed by atoms with Crippen molar-refractivity contribution in [2.45, 2.75) is 25.8 Å². The lowest BCUT2D eigenvalue weighted by Crippen LogP contribution is -2.19. The summed E-state index contributed by atoms with van der Waals surface area (Å²) in [4.78, 5) is 12.6. The van der Waals surface area contributed by atoms with E-state index in [0.717, 1.165) is 23.4 Å². The first-order valence-electron chi connectivity index (χ1n) is 8.84. The van der Waals surface area contributed by atoms with Crippen LogP contribution in [0.3, 0.4) is 0 Å². The van der Waals surface area contributed by atoms with Gasteiger partial charge in [-0.1, -0.05) is 31.2 Å². The van der Waals surface area contributed by atoms with Gasteiger partial charge < -0.3 is 14.6 Å². The molecule has 0 saturated heterocycles. The molecule has 0 aliphatic heterocycles. The fourth-order valence-electron chi connectivity index (χ4n) is 2.99. The summed E-state index contributed by atoms with van der Waals surface area (Å²) in [6, 6.07) is 19.7. The molecule has 1 atom stereocenters. The molecule has 4 heteroatoms. The number of benzene rings is 2. The predicted octanol–water partition coefficient (Wildman–Crippen LogP) is 4.68. The molecule has 0 fully saturated rings. The molecule has 0 aliphatic rings. The quantitative estimate of drug-likeness (QED) is 0.674. The SMILES string of the molecule is CCc1ccc(NC(=O)C[C@@H](c2ccc(OC)cc2)n2cccc2)cc1. The van der Waals surface area contributed by atoms with Gasteiger partial charge in [0.15, 0.2) is 0 Å². The number of hydrogen-bond acceptors (Lipinski definition) is 2. The zero-order chi connectivity index (χ0) is 18.4. The second-order valence-electron chi connectivity index (χ2n) is 6.22. The Morgan fingerprint density at radius 2 is 1.69 bits per heavy atom. The first kappa shape index (κ1) is 17.8. The van der Waals surface area contributed by atoms with Crippen molar-refractivity contribution >= 4 is 11.6 Å². The maximum absolute atomic E-state index is 12.6. The van der Waals surface area contributed by atoms with Gasteiger partial charge in [0, 0.05) is 18.1 Å². The lowest BCUT2D eigenvalue weighted by atomic mass is 10.0. The Morgan fingerprint density at radius 1 is 1.04 bits per heavy atom. The number of rotatable bonds is 7. The summed E-state index contributed by atoms with van der Waals surface area (Å²) in [7, 11) is 1.65. The lowest BCUT2D eigenvalue weighted by Gasteiger charge is -2.20. The predicted molar refractivity (Wildman–Crippen MR) is 105 cm³/mol. The maximum atomic E-state index is 12.6. The van der Waals surface area contributed by atoms with E-state index in [1.165, 1.54) is 5.56 Å². The summed E-state index contributed by atoms with van der Waals surface area (Å²) in [5.74, 6) is 0.796. The standard InChI is InChI=1S/C22H24N2O2/c1-3-17-6-10-19(11-7-17)23-22(25)16-21(24-14-4-5-15-24)18-8-12-20(26-2)13-9-18/h4-15,21H,3,16H2,1-2H3,(H,23,25)/t21-/m0/s1. The first-order valence-corrected chi connectivity index (χ1v) is 8.84. The number of hydrogen-bond donors (Lipinski definition) is 1. The van der Waals surface area contributed by atoms with E-state index < -0.39 is 0 Å². The monoisotopic (exact) mass is 348 g/mol. The molecular formula is C22H24N2O2. The van der Waals surface area contributed by atoms with E-state index in [2.05, 4.69) is 16.8 Å². The molecule has 1 heterocycles. The van der Waals surface area contributed by atoms with Crippen LogP contribution in [0.2, 0.25) is 0 Å². The summed E-state index contributed by atoms with van der Waals surface area (Å²) in [6.45, 7) is 2.12. The van der Waals surface area contributed by atoms with E-state index in [4.69, 9.17) is 4.74 Å². The lowest BCUT2D eigenvalue weighted by molar-refractivity contribution is -0.116. The number of aromatic nitrogens is 1. The fourth-order valence-corrected chi connectivity index (χ4v) is 2.99. The highest BCUT2D eigenvalue weighted by atomic mass is 16.5. The molecule has 1 N–H and O–H groups in total. The molecule has 0 aliphatic carbocycles. The summed E-state index contributed by atoms with van der Waals surface area (Å²) in [5.41, 5.74) is 3.15. The van der Waals surface area contributed by atoms with Gasteiger partial charge in [0.05, 0.1) is 19.6 Å². The molecule has 4 nitrogen and oxygen atoms in total. The smallest absolute Gasteiger partial charge is 0.226 e. The number of aryl methyl sites for hydroxylation is 1. The van der Waals surface area contributed by atoms with Crippen molar-refractivity contribution in [3.8, 4) is 5.75 Å². The average molecular weight is 348 g/mol. The summed E-state index contributed by atoms with van der Waals surface area (Å²) >= 11 is 0. The molecule has 0 unspecified atom stereocenters. The minimum atomic E-state index is -0.0641. The third-order valence-electron chi connectivity index (χ3n) is 4.51. The Balaban J connectivity index is 1.75. The van der Waals surface area contributed by atoms with Crippen LogP contribution < -0.4 is 10.1 Å².